The lowest BCUT2D eigenvalue weighted by Gasteiger charge is -2.26. The van der Waals surface area contributed by atoms with Crippen molar-refractivity contribution < 1.29 is 0 Å². The summed E-state index contributed by atoms with van der Waals surface area (Å²) in [6.45, 7) is 2.55. The molecule has 1 aliphatic carbocycles. The molecule has 0 fully saturated rings. The fourth-order valence-corrected chi connectivity index (χ4v) is 4.00. The van der Waals surface area contributed by atoms with Gasteiger partial charge in [-0.15, -0.1) is 5.10 Å². The second kappa shape index (κ2) is 7.03. The molecule has 28 heavy (non-hydrogen) atoms. The van der Waals surface area contributed by atoms with Crippen molar-refractivity contribution in [3.05, 3.63) is 77.1 Å². The van der Waals surface area contributed by atoms with Crippen LogP contribution in [0, 0.1) is 6.92 Å². The van der Waals surface area contributed by atoms with E-state index in [-0.39, 0.29) is 6.04 Å². The van der Waals surface area contributed by atoms with Crippen molar-refractivity contribution in [3.63, 3.8) is 0 Å². The molecule has 1 aliphatic rings. The van der Waals surface area contributed by atoms with E-state index in [9.17, 15) is 0 Å². The summed E-state index contributed by atoms with van der Waals surface area (Å²) in [7, 11) is 0. The topological polar surface area (TPSA) is 68.5 Å². The monoisotopic (exact) mass is 370 g/mol. The van der Waals surface area contributed by atoms with Gasteiger partial charge >= 0.3 is 0 Å². The van der Waals surface area contributed by atoms with Gasteiger partial charge in [0.05, 0.1) is 12.6 Å². The van der Waals surface area contributed by atoms with Crippen molar-refractivity contribution in [3.8, 4) is 0 Å². The van der Waals surface area contributed by atoms with Gasteiger partial charge in [0.15, 0.2) is 17.0 Å². The lowest BCUT2D eigenvalue weighted by Crippen LogP contribution is -2.18. The Morgan fingerprint density at radius 3 is 2.75 bits per heavy atom. The highest BCUT2D eigenvalue weighted by Gasteiger charge is 2.22. The minimum absolute atomic E-state index is 0.238. The number of hydrogen-bond donors (Lipinski definition) is 1. The number of aromatic nitrogens is 5. The van der Waals surface area contributed by atoms with Gasteiger partial charge in [-0.1, -0.05) is 59.8 Å². The molecule has 2 aromatic heterocycles. The Kier molecular flexibility index (Phi) is 4.24. The average Bonchev–Trinajstić information content (AvgIpc) is 3.12. The number of benzene rings is 2. The van der Waals surface area contributed by atoms with Crippen LogP contribution in [0.5, 0.6) is 0 Å². The Bertz CT molecular complexity index is 1120. The molecule has 6 nitrogen and oxygen atoms in total. The van der Waals surface area contributed by atoms with Gasteiger partial charge in [-0.05, 0) is 42.9 Å². The maximum absolute atomic E-state index is 4.65. The zero-order valence-electron chi connectivity index (χ0n) is 15.8. The van der Waals surface area contributed by atoms with Gasteiger partial charge in [0.1, 0.15) is 5.82 Å². The summed E-state index contributed by atoms with van der Waals surface area (Å²) in [5, 5.41) is 12.4. The molecule has 140 valence electrons. The molecule has 2 aromatic carbocycles. The quantitative estimate of drug-likeness (QED) is 0.586. The van der Waals surface area contributed by atoms with E-state index in [4.69, 9.17) is 0 Å². The van der Waals surface area contributed by atoms with Crippen LogP contribution in [0.1, 0.15) is 41.4 Å². The molecular weight excluding hydrogens is 348 g/mol. The molecule has 1 unspecified atom stereocenters. The third-order valence-corrected chi connectivity index (χ3v) is 5.33. The molecule has 5 rings (SSSR count). The summed E-state index contributed by atoms with van der Waals surface area (Å²) in [5.74, 6) is 1.49. The first kappa shape index (κ1) is 16.9. The van der Waals surface area contributed by atoms with Crippen LogP contribution in [-0.4, -0.2) is 25.0 Å². The first-order valence-electron chi connectivity index (χ1n) is 9.74. The van der Waals surface area contributed by atoms with E-state index >= 15 is 0 Å². The van der Waals surface area contributed by atoms with E-state index in [2.05, 4.69) is 62.0 Å². The molecule has 0 bridgehead atoms. The van der Waals surface area contributed by atoms with Crippen molar-refractivity contribution in [1.82, 2.24) is 25.0 Å². The van der Waals surface area contributed by atoms with Crippen molar-refractivity contribution >= 4 is 17.0 Å². The van der Waals surface area contributed by atoms with Crippen LogP contribution in [0.25, 0.3) is 11.2 Å². The molecule has 4 aromatic rings. The lowest BCUT2D eigenvalue weighted by atomic mass is 9.88. The van der Waals surface area contributed by atoms with Crippen LogP contribution < -0.4 is 5.32 Å². The van der Waals surface area contributed by atoms with Crippen LogP contribution >= 0.6 is 0 Å². The molecule has 0 aliphatic heterocycles. The second-order valence-corrected chi connectivity index (χ2v) is 7.31. The van der Waals surface area contributed by atoms with Gasteiger partial charge < -0.3 is 5.32 Å². The highest BCUT2D eigenvalue weighted by atomic mass is 15.4. The largest absolute Gasteiger partial charge is 0.361 e. The van der Waals surface area contributed by atoms with Crippen LogP contribution in [0.2, 0.25) is 0 Å². The van der Waals surface area contributed by atoms with Gasteiger partial charge in [-0.2, -0.15) is 0 Å². The summed E-state index contributed by atoms with van der Waals surface area (Å²) < 4.78 is 1.85. The maximum Gasteiger partial charge on any atom is 0.184 e. The Morgan fingerprint density at radius 1 is 1.04 bits per heavy atom. The molecule has 0 spiro atoms. The molecule has 0 saturated carbocycles. The van der Waals surface area contributed by atoms with Crippen molar-refractivity contribution in [1.29, 1.82) is 0 Å². The zero-order chi connectivity index (χ0) is 18.9. The molecule has 0 amide bonds. The normalized spacial score (nSPS) is 16.1. The van der Waals surface area contributed by atoms with E-state index in [1.165, 1.54) is 23.1 Å². The number of hydrogen-bond acceptors (Lipinski definition) is 5. The number of aryl methyl sites for hydroxylation is 2. The lowest BCUT2D eigenvalue weighted by molar-refractivity contribution is 0.599. The minimum atomic E-state index is 0.238. The summed E-state index contributed by atoms with van der Waals surface area (Å²) in [6.07, 6.45) is 3.39. The summed E-state index contributed by atoms with van der Waals surface area (Å²) in [6, 6.07) is 19.1. The second-order valence-electron chi connectivity index (χ2n) is 7.31. The third-order valence-electron chi connectivity index (χ3n) is 5.33. The highest BCUT2D eigenvalue weighted by molar-refractivity contribution is 5.82. The number of fused-ring (bicyclic) bond motifs is 2. The van der Waals surface area contributed by atoms with Crippen LogP contribution in [-0.2, 0) is 13.0 Å². The van der Waals surface area contributed by atoms with Crippen molar-refractivity contribution in [2.75, 3.05) is 5.32 Å². The molecule has 0 radical (unpaired) electrons. The standard InChI is InChI=1S/C22H22N6/c1-15-23-21(25-19-13-7-11-17-10-5-6-12-18(17)19)20-22(24-15)28(27-26-20)14-16-8-3-2-4-9-16/h2-6,8-10,12,19H,7,11,13-14H2,1H3,(H,23,24,25). The Balaban J connectivity index is 1.51. The molecule has 1 atom stereocenters. The predicted molar refractivity (Wildman–Crippen MR) is 109 cm³/mol. The van der Waals surface area contributed by atoms with E-state index in [0.29, 0.717) is 6.54 Å². The molecule has 1 N–H and O–H groups in total. The van der Waals surface area contributed by atoms with Crippen LogP contribution in [0.4, 0.5) is 5.82 Å². The third kappa shape index (κ3) is 3.11. The highest BCUT2D eigenvalue weighted by Crippen LogP contribution is 2.33. The first-order valence-corrected chi connectivity index (χ1v) is 9.74. The average molecular weight is 370 g/mol. The van der Waals surface area contributed by atoms with E-state index in [1.807, 2.05) is 29.8 Å². The van der Waals surface area contributed by atoms with Crippen LogP contribution in [0.15, 0.2) is 54.6 Å². The summed E-state index contributed by atoms with van der Waals surface area (Å²) >= 11 is 0. The van der Waals surface area contributed by atoms with Gasteiger partial charge in [-0.3, -0.25) is 0 Å². The van der Waals surface area contributed by atoms with E-state index in [0.717, 1.165) is 35.6 Å². The smallest absolute Gasteiger partial charge is 0.184 e. The maximum atomic E-state index is 4.65. The Morgan fingerprint density at radius 2 is 1.86 bits per heavy atom. The van der Waals surface area contributed by atoms with E-state index < -0.39 is 0 Å². The number of rotatable bonds is 4. The number of anilines is 1. The predicted octanol–water partition coefficient (Wildman–Crippen LogP) is 4.07. The molecule has 0 saturated heterocycles. The molecule has 2 heterocycles. The molecular formula is C22H22N6. The minimum Gasteiger partial charge on any atom is -0.361 e. The van der Waals surface area contributed by atoms with E-state index in [1.54, 1.807) is 0 Å². The van der Waals surface area contributed by atoms with Gasteiger partial charge in [0.2, 0.25) is 0 Å². The van der Waals surface area contributed by atoms with Gasteiger partial charge in [0.25, 0.3) is 0 Å². The molecule has 6 heteroatoms. The van der Waals surface area contributed by atoms with Crippen molar-refractivity contribution in [2.45, 2.75) is 38.8 Å². The zero-order valence-corrected chi connectivity index (χ0v) is 15.8. The summed E-state index contributed by atoms with van der Waals surface area (Å²) in [4.78, 5) is 9.27. The van der Waals surface area contributed by atoms with Gasteiger partial charge in [-0.25, -0.2) is 14.6 Å². The fraction of sp³-hybridized carbons (Fsp3) is 0.273. The SMILES string of the molecule is Cc1nc(NC2CCCc3ccccc32)c2nnn(Cc3ccccc3)c2n1. The Labute approximate surface area is 163 Å². The Hall–Kier alpha value is -3.28. The van der Waals surface area contributed by atoms with Crippen LogP contribution in [0.3, 0.4) is 0 Å². The number of nitrogens with one attached hydrogen (secondary N) is 1. The fourth-order valence-electron chi connectivity index (χ4n) is 4.00. The first-order chi connectivity index (χ1) is 13.8. The number of nitrogens with zero attached hydrogens (tertiary/aromatic N) is 5. The van der Waals surface area contributed by atoms with Crippen molar-refractivity contribution in [2.24, 2.45) is 0 Å². The van der Waals surface area contributed by atoms with Gasteiger partial charge in [0, 0.05) is 0 Å². The summed E-state index contributed by atoms with van der Waals surface area (Å²) in [5.41, 5.74) is 5.43.